The first-order valence-corrected chi connectivity index (χ1v) is 11.9. The molecule has 2 aromatic carbocycles. The summed E-state index contributed by atoms with van der Waals surface area (Å²) >= 11 is 0. The van der Waals surface area contributed by atoms with Crippen molar-refractivity contribution in [2.75, 3.05) is 52.2 Å². The Morgan fingerprint density at radius 1 is 1.12 bits per heavy atom. The van der Waals surface area contributed by atoms with Gasteiger partial charge in [-0.2, -0.15) is 0 Å². The third kappa shape index (κ3) is 5.58. The van der Waals surface area contributed by atoms with Gasteiger partial charge in [0.15, 0.2) is 0 Å². The van der Waals surface area contributed by atoms with Crippen LogP contribution in [-0.2, 0) is 0 Å². The molecule has 2 heterocycles. The fourth-order valence-corrected chi connectivity index (χ4v) is 4.95. The van der Waals surface area contributed by atoms with Crippen LogP contribution in [0.25, 0.3) is 0 Å². The van der Waals surface area contributed by atoms with Gasteiger partial charge in [-0.3, -0.25) is 9.80 Å². The standard InChI is InChI=1S/C27H33FN4O2/c1-30(2)15-5-6-20-7-9-21(10-8-20)26-24-18-31(16-3-4-17-32(24)25(26)19-33)27(34)29-23-13-11-22(28)12-14-23/h7-14,24-26,33H,3-4,15-19H2,1-2H3,(H,29,34)/t24-,25-,26-/m1/s1. The first-order chi connectivity index (χ1) is 16.5. The molecule has 0 unspecified atom stereocenters. The molecule has 0 saturated carbocycles. The lowest BCUT2D eigenvalue weighted by molar-refractivity contribution is -0.0585. The van der Waals surface area contributed by atoms with E-state index in [0.29, 0.717) is 25.3 Å². The molecule has 2 amide bonds. The molecule has 3 atom stereocenters. The number of amides is 2. The van der Waals surface area contributed by atoms with Gasteiger partial charge in [0.25, 0.3) is 0 Å². The van der Waals surface area contributed by atoms with Gasteiger partial charge in [-0.15, -0.1) is 0 Å². The highest BCUT2D eigenvalue weighted by molar-refractivity contribution is 5.89. The van der Waals surface area contributed by atoms with Gasteiger partial charge in [0.2, 0.25) is 0 Å². The van der Waals surface area contributed by atoms with E-state index in [4.69, 9.17) is 0 Å². The van der Waals surface area contributed by atoms with Crippen molar-refractivity contribution in [3.63, 3.8) is 0 Å². The van der Waals surface area contributed by atoms with E-state index >= 15 is 0 Å². The van der Waals surface area contributed by atoms with Crippen LogP contribution in [0.5, 0.6) is 0 Å². The summed E-state index contributed by atoms with van der Waals surface area (Å²) in [5, 5.41) is 13.0. The van der Waals surface area contributed by atoms with Crippen molar-refractivity contribution < 1.29 is 14.3 Å². The van der Waals surface area contributed by atoms with E-state index in [1.54, 1.807) is 12.1 Å². The van der Waals surface area contributed by atoms with Gasteiger partial charge in [0, 0.05) is 42.3 Å². The maximum atomic E-state index is 13.2. The molecule has 2 aliphatic heterocycles. The van der Waals surface area contributed by atoms with E-state index in [1.165, 1.54) is 12.1 Å². The molecular formula is C27H33FN4O2. The molecule has 0 radical (unpaired) electrons. The normalized spacial score (nSPS) is 22.6. The molecule has 0 aliphatic carbocycles. The minimum Gasteiger partial charge on any atom is -0.395 e. The van der Waals surface area contributed by atoms with E-state index < -0.39 is 0 Å². The van der Waals surface area contributed by atoms with Crippen molar-refractivity contribution in [3.8, 4) is 11.8 Å². The molecule has 2 N–H and O–H groups in total. The Morgan fingerprint density at radius 2 is 1.82 bits per heavy atom. The van der Waals surface area contributed by atoms with Gasteiger partial charge in [-0.25, -0.2) is 9.18 Å². The van der Waals surface area contributed by atoms with E-state index in [-0.39, 0.29) is 36.5 Å². The van der Waals surface area contributed by atoms with Crippen molar-refractivity contribution >= 4 is 11.7 Å². The number of hydrogen-bond donors (Lipinski definition) is 2. The zero-order valence-corrected chi connectivity index (χ0v) is 19.9. The van der Waals surface area contributed by atoms with E-state index in [9.17, 15) is 14.3 Å². The molecule has 2 saturated heterocycles. The molecule has 2 fully saturated rings. The van der Waals surface area contributed by atoms with Crippen molar-refractivity contribution in [1.29, 1.82) is 0 Å². The smallest absolute Gasteiger partial charge is 0.321 e. The quantitative estimate of drug-likeness (QED) is 0.683. The number of carbonyl (C=O) groups is 1. The molecule has 7 heteroatoms. The fourth-order valence-electron chi connectivity index (χ4n) is 4.95. The molecule has 0 bridgehead atoms. The van der Waals surface area contributed by atoms with Gasteiger partial charge in [-0.05, 0) is 75.4 Å². The van der Waals surface area contributed by atoms with Crippen molar-refractivity contribution in [1.82, 2.24) is 14.7 Å². The molecule has 2 aromatic rings. The Hall–Kier alpha value is -2.92. The fraction of sp³-hybridized carbons (Fsp3) is 0.444. The van der Waals surface area contributed by atoms with Crippen LogP contribution in [-0.4, -0.2) is 84.8 Å². The van der Waals surface area contributed by atoms with E-state index in [0.717, 1.165) is 30.5 Å². The van der Waals surface area contributed by atoms with Crippen LogP contribution in [0.3, 0.4) is 0 Å². The summed E-state index contributed by atoms with van der Waals surface area (Å²) < 4.78 is 13.2. The molecule has 180 valence electrons. The molecule has 4 rings (SSSR count). The summed E-state index contributed by atoms with van der Waals surface area (Å²) in [6.45, 7) is 2.98. The number of carbonyl (C=O) groups excluding carboxylic acids is 1. The summed E-state index contributed by atoms with van der Waals surface area (Å²) in [5.74, 6) is 6.16. The zero-order chi connectivity index (χ0) is 24.1. The summed E-state index contributed by atoms with van der Waals surface area (Å²) in [7, 11) is 3.99. The molecular weight excluding hydrogens is 431 g/mol. The Balaban J connectivity index is 1.48. The predicted octanol–water partition coefficient (Wildman–Crippen LogP) is 3.20. The second-order valence-corrected chi connectivity index (χ2v) is 9.33. The highest BCUT2D eigenvalue weighted by Crippen LogP contribution is 2.42. The highest BCUT2D eigenvalue weighted by Gasteiger charge is 2.49. The van der Waals surface area contributed by atoms with Gasteiger partial charge in [-0.1, -0.05) is 24.0 Å². The molecule has 2 aliphatic rings. The Bertz CT molecular complexity index is 1030. The number of benzene rings is 2. The Morgan fingerprint density at radius 3 is 2.50 bits per heavy atom. The highest BCUT2D eigenvalue weighted by atomic mass is 19.1. The number of aliphatic hydroxyl groups is 1. The van der Waals surface area contributed by atoms with Crippen molar-refractivity contribution in [2.24, 2.45) is 0 Å². The second-order valence-electron chi connectivity index (χ2n) is 9.33. The van der Waals surface area contributed by atoms with Gasteiger partial charge >= 0.3 is 6.03 Å². The summed E-state index contributed by atoms with van der Waals surface area (Å²) in [6, 6.07) is 14.1. The number of nitrogens with one attached hydrogen (secondary N) is 1. The molecule has 0 aromatic heterocycles. The van der Waals surface area contributed by atoms with Crippen LogP contribution in [0.1, 0.15) is 29.9 Å². The average molecular weight is 465 g/mol. The van der Waals surface area contributed by atoms with Crippen molar-refractivity contribution in [2.45, 2.75) is 30.8 Å². The predicted molar refractivity (Wildman–Crippen MR) is 132 cm³/mol. The number of anilines is 1. The molecule has 6 nitrogen and oxygen atoms in total. The first-order valence-electron chi connectivity index (χ1n) is 11.9. The number of rotatable bonds is 4. The SMILES string of the molecule is CN(C)CC#Cc1ccc([C@H]2[C@@H](CO)N3CCCCN(C(=O)Nc4ccc(F)cc4)C[C@H]23)cc1. The molecule has 0 spiro atoms. The van der Waals surface area contributed by atoms with Gasteiger partial charge in [0.05, 0.1) is 13.2 Å². The van der Waals surface area contributed by atoms with Crippen LogP contribution in [0.15, 0.2) is 48.5 Å². The monoisotopic (exact) mass is 464 g/mol. The van der Waals surface area contributed by atoms with Gasteiger partial charge < -0.3 is 15.3 Å². The second kappa shape index (κ2) is 11.0. The Labute approximate surface area is 201 Å². The minimum absolute atomic E-state index is 0.0517. The third-order valence-corrected chi connectivity index (χ3v) is 6.68. The van der Waals surface area contributed by atoms with Crippen LogP contribution in [0.2, 0.25) is 0 Å². The minimum atomic E-state index is -0.332. The summed E-state index contributed by atoms with van der Waals surface area (Å²) in [5.41, 5.74) is 2.72. The average Bonchev–Trinajstić information content (AvgIpc) is 2.80. The number of hydrogen-bond acceptors (Lipinski definition) is 4. The zero-order valence-electron chi connectivity index (χ0n) is 19.9. The number of fused-ring (bicyclic) bond motifs is 1. The lowest BCUT2D eigenvalue weighted by Crippen LogP contribution is -2.68. The number of urea groups is 1. The maximum Gasteiger partial charge on any atom is 0.321 e. The largest absolute Gasteiger partial charge is 0.395 e. The number of nitrogens with zero attached hydrogens (tertiary/aromatic N) is 3. The van der Waals surface area contributed by atoms with E-state index in [1.807, 2.05) is 36.0 Å². The summed E-state index contributed by atoms with van der Waals surface area (Å²) in [4.78, 5) is 19.2. The number of aliphatic hydroxyl groups excluding tert-OH is 1. The maximum absolute atomic E-state index is 13.2. The molecule has 34 heavy (non-hydrogen) atoms. The van der Waals surface area contributed by atoms with Gasteiger partial charge in [0.1, 0.15) is 5.82 Å². The summed E-state index contributed by atoms with van der Waals surface area (Å²) in [6.07, 6.45) is 1.88. The van der Waals surface area contributed by atoms with Crippen LogP contribution >= 0.6 is 0 Å². The van der Waals surface area contributed by atoms with E-state index in [2.05, 4.69) is 34.2 Å². The van der Waals surface area contributed by atoms with Crippen molar-refractivity contribution in [3.05, 3.63) is 65.5 Å². The van der Waals surface area contributed by atoms with Crippen LogP contribution in [0.4, 0.5) is 14.9 Å². The first kappa shape index (κ1) is 24.2. The Kier molecular flexibility index (Phi) is 7.84. The third-order valence-electron chi connectivity index (χ3n) is 6.68. The van der Waals surface area contributed by atoms with Crippen LogP contribution < -0.4 is 5.32 Å². The number of halogens is 1. The lowest BCUT2D eigenvalue weighted by atomic mass is 9.74. The topological polar surface area (TPSA) is 59.1 Å². The lowest BCUT2D eigenvalue weighted by Gasteiger charge is -2.57. The van der Waals surface area contributed by atoms with Crippen LogP contribution in [0, 0.1) is 17.7 Å².